The standard InChI is InChI=1S/C15H22N2O3/c1-4-20-13-6-5-12(7-14(13)19-3)17-15(18)10(2)11-8-16-9-11/h5-7,10-11,16H,4,8-9H2,1-3H3,(H,17,18). The van der Waals surface area contributed by atoms with E-state index in [2.05, 4.69) is 10.6 Å². The van der Waals surface area contributed by atoms with Gasteiger partial charge in [-0.1, -0.05) is 6.92 Å². The van der Waals surface area contributed by atoms with Gasteiger partial charge in [0.05, 0.1) is 13.7 Å². The maximum absolute atomic E-state index is 12.1. The molecule has 1 amide bonds. The zero-order chi connectivity index (χ0) is 14.5. The summed E-state index contributed by atoms with van der Waals surface area (Å²) in [5.74, 6) is 1.79. The number of hydrogen-bond donors (Lipinski definition) is 2. The summed E-state index contributed by atoms with van der Waals surface area (Å²) >= 11 is 0. The van der Waals surface area contributed by atoms with Gasteiger partial charge in [-0.3, -0.25) is 4.79 Å². The normalized spacial score (nSPS) is 16.1. The van der Waals surface area contributed by atoms with Gasteiger partial charge in [-0.15, -0.1) is 0 Å². The van der Waals surface area contributed by atoms with Crippen molar-refractivity contribution in [3.8, 4) is 11.5 Å². The number of rotatable bonds is 6. The molecular formula is C15H22N2O3. The Morgan fingerprint density at radius 1 is 1.45 bits per heavy atom. The van der Waals surface area contributed by atoms with Crippen LogP contribution in [0.1, 0.15) is 13.8 Å². The summed E-state index contributed by atoms with van der Waals surface area (Å²) in [7, 11) is 1.59. The van der Waals surface area contributed by atoms with Gasteiger partial charge in [-0.25, -0.2) is 0 Å². The summed E-state index contributed by atoms with van der Waals surface area (Å²) in [5.41, 5.74) is 0.731. The van der Waals surface area contributed by atoms with Gasteiger partial charge in [-0.2, -0.15) is 0 Å². The fraction of sp³-hybridized carbons (Fsp3) is 0.533. The molecule has 1 fully saturated rings. The molecule has 0 bridgehead atoms. The number of methoxy groups -OCH3 is 1. The molecule has 1 heterocycles. The summed E-state index contributed by atoms with van der Waals surface area (Å²) in [6.45, 7) is 6.30. The summed E-state index contributed by atoms with van der Waals surface area (Å²) in [4.78, 5) is 12.1. The third-order valence-corrected chi connectivity index (χ3v) is 3.66. The smallest absolute Gasteiger partial charge is 0.227 e. The third kappa shape index (κ3) is 3.22. The molecule has 110 valence electrons. The molecule has 20 heavy (non-hydrogen) atoms. The van der Waals surface area contributed by atoms with Crippen LogP contribution in [0.15, 0.2) is 18.2 Å². The second-order valence-electron chi connectivity index (χ2n) is 4.99. The van der Waals surface area contributed by atoms with E-state index >= 15 is 0 Å². The molecule has 5 nitrogen and oxygen atoms in total. The van der Waals surface area contributed by atoms with Crippen LogP contribution in [0.3, 0.4) is 0 Å². The molecule has 1 aromatic carbocycles. The molecule has 1 unspecified atom stereocenters. The first kappa shape index (κ1) is 14.7. The topological polar surface area (TPSA) is 59.6 Å². The Hall–Kier alpha value is -1.75. The van der Waals surface area contributed by atoms with Gasteiger partial charge < -0.3 is 20.1 Å². The lowest BCUT2D eigenvalue weighted by atomic mass is 9.88. The van der Waals surface area contributed by atoms with Crippen LogP contribution in [0, 0.1) is 11.8 Å². The largest absolute Gasteiger partial charge is 0.493 e. The summed E-state index contributed by atoms with van der Waals surface area (Å²) in [6, 6.07) is 5.43. The average Bonchev–Trinajstić information content (AvgIpc) is 2.38. The summed E-state index contributed by atoms with van der Waals surface area (Å²) < 4.78 is 10.7. The lowest BCUT2D eigenvalue weighted by Gasteiger charge is -2.31. The first-order valence-electron chi connectivity index (χ1n) is 6.98. The Morgan fingerprint density at radius 2 is 2.20 bits per heavy atom. The molecule has 0 radical (unpaired) electrons. The second kappa shape index (κ2) is 6.61. The van der Waals surface area contributed by atoms with Gasteiger partial charge in [0, 0.05) is 17.7 Å². The Morgan fingerprint density at radius 3 is 2.75 bits per heavy atom. The van der Waals surface area contributed by atoms with Crippen LogP contribution >= 0.6 is 0 Å². The first-order chi connectivity index (χ1) is 9.65. The lowest BCUT2D eigenvalue weighted by Crippen LogP contribution is -2.48. The fourth-order valence-electron chi connectivity index (χ4n) is 2.15. The van der Waals surface area contributed by atoms with Crippen molar-refractivity contribution in [1.29, 1.82) is 0 Å². The van der Waals surface area contributed by atoms with Gasteiger partial charge in [0.25, 0.3) is 0 Å². The van der Waals surface area contributed by atoms with Gasteiger partial charge in [0.1, 0.15) is 0 Å². The quantitative estimate of drug-likeness (QED) is 0.834. The van der Waals surface area contributed by atoms with E-state index in [4.69, 9.17) is 9.47 Å². The van der Waals surface area contributed by atoms with Gasteiger partial charge in [0.15, 0.2) is 11.5 Å². The summed E-state index contributed by atoms with van der Waals surface area (Å²) in [6.07, 6.45) is 0. The highest BCUT2D eigenvalue weighted by atomic mass is 16.5. The molecule has 2 rings (SSSR count). The van der Waals surface area contributed by atoms with Crippen LogP contribution in [0.5, 0.6) is 11.5 Å². The van der Waals surface area contributed by atoms with E-state index in [0.717, 1.165) is 18.8 Å². The molecule has 2 N–H and O–H groups in total. The van der Waals surface area contributed by atoms with Crippen molar-refractivity contribution in [2.45, 2.75) is 13.8 Å². The molecular weight excluding hydrogens is 256 g/mol. The van der Waals surface area contributed by atoms with Crippen molar-refractivity contribution >= 4 is 11.6 Å². The monoisotopic (exact) mass is 278 g/mol. The molecule has 0 spiro atoms. The number of carbonyl (C=O) groups excluding carboxylic acids is 1. The number of carbonyl (C=O) groups is 1. The maximum Gasteiger partial charge on any atom is 0.227 e. The van der Waals surface area contributed by atoms with Crippen molar-refractivity contribution < 1.29 is 14.3 Å². The molecule has 0 aliphatic carbocycles. The zero-order valence-electron chi connectivity index (χ0n) is 12.2. The van der Waals surface area contributed by atoms with Crippen molar-refractivity contribution in [3.63, 3.8) is 0 Å². The number of nitrogens with one attached hydrogen (secondary N) is 2. The Bertz CT molecular complexity index is 472. The molecule has 1 saturated heterocycles. The lowest BCUT2D eigenvalue weighted by molar-refractivity contribution is -0.121. The van der Waals surface area contributed by atoms with E-state index in [9.17, 15) is 4.79 Å². The van der Waals surface area contributed by atoms with Gasteiger partial charge in [-0.05, 0) is 38.1 Å². The highest BCUT2D eigenvalue weighted by molar-refractivity contribution is 5.93. The molecule has 0 saturated carbocycles. The predicted octanol–water partition coefficient (Wildman–Crippen LogP) is 1.89. The SMILES string of the molecule is CCOc1ccc(NC(=O)C(C)C2CNC2)cc1OC. The van der Waals surface area contributed by atoms with Crippen LogP contribution < -0.4 is 20.1 Å². The van der Waals surface area contributed by atoms with E-state index in [1.807, 2.05) is 26.0 Å². The molecule has 1 aliphatic rings. The Balaban J connectivity index is 2.03. The van der Waals surface area contributed by atoms with E-state index in [1.54, 1.807) is 13.2 Å². The number of benzene rings is 1. The van der Waals surface area contributed by atoms with Crippen molar-refractivity contribution in [2.75, 3.05) is 32.1 Å². The number of ether oxygens (including phenoxy) is 2. The minimum Gasteiger partial charge on any atom is -0.493 e. The summed E-state index contributed by atoms with van der Waals surface area (Å²) in [5, 5.41) is 6.12. The van der Waals surface area contributed by atoms with Crippen LogP contribution in [-0.2, 0) is 4.79 Å². The fourth-order valence-corrected chi connectivity index (χ4v) is 2.15. The predicted molar refractivity (Wildman–Crippen MR) is 78.3 cm³/mol. The number of anilines is 1. The molecule has 1 aromatic rings. The Labute approximate surface area is 119 Å². The zero-order valence-corrected chi connectivity index (χ0v) is 12.2. The van der Waals surface area contributed by atoms with Crippen LogP contribution in [-0.4, -0.2) is 32.7 Å². The van der Waals surface area contributed by atoms with E-state index in [-0.39, 0.29) is 11.8 Å². The van der Waals surface area contributed by atoms with Crippen molar-refractivity contribution in [3.05, 3.63) is 18.2 Å². The highest BCUT2D eigenvalue weighted by Gasteiger charge is 2.28. The third-order valence-electron chi connectivity index (χ3n) is 3.66. The maximum atomic E-state index is 12.1. The number of amides is 1. The van der Waals surface area contributed by atoms with Crippen molar-refractivity contribution in [1.82, 2.24) is 5.32 Å². The molecule has 1 atom stereocenters. The highest BCUT2D eigenvalue weighted by Crippen LogP contribution is 2.30. The molecule has 0 aromatic heterocycles. The van der Waals surface area contributed by atoms with Crippen molar-refractivity contribution in [2.24, 2.45) is 11.8 Å². The first-order valence-corrected chi connectivity index (χ1v) is 6.98. The van der Waals surface area contributed by atoms with E-state index < -0.39 is 0 Å². The van der Waals surface area contributed by atoms with Crippen LogP contribution in [0.25, 0.3) is 0 Å². The molecule has 1 aliphatic heterocycles. The Kier molecular flexibility index (Phi) is 4.84. The average molecular weight is 278 g/mol. The van der Waals surface area contributed by atoms with Gasteiger partial charge >= 0.3 is 0 Å². The molecule has 5 heteroatoms. The minimum atomic E-state index is 0.00816. The van der Waals surface area contributed by atoms with E-state index in [1.165, 1.54) is 0 Å². The van der Waals surface area contributed by atoms with Crippen LogP contribution in [0.4, 0.5) is 5.69 Å². The minimum absolute atomic E-state index is 0.00816. The number of hydrogen-bond acceptors (Lipinski definition) is 4. The van der Waals surface area contributed by atoms with Gasteiger partial charge in [0.2, 0.25) is 5.91 Å². The van der Waals surface area contributed by atoms with Crippen LogP contribution in [0.2, 0.25) is 0 Å². The second-order valence-corrected chi connectivity index (χ2v) is 4.99. The van der Waals surface area contributed by atoms with E-state index in [0.29, 0.717) is 24.0 Å².